The molecule has 2 rings (SSSR count). The number of hydrogen-bond donors (Lipinski definition) is 1. The third-order valence-electron chi connectivity index (χ3n) is 4.71. The first kappa shape index (κ1) is 16.3. The third-order valence-corrected chi connectivity index (χ3v) is 4.71. The molecule has 1 nitrogen and oxygen atoms in total. The molecule has 0 amide bonds. The molecule has 0 radical (unpaired) electrons. The smallest absolute Gasteiger partial charge is 0.391 e. The van der Waals surface area contributed by atoms with E-state index in [4.69, 9.17) is 0 Å². The Morgan fingerprint density at radius 3 is 2.33 bits per heavy atom. The van der Waals surface area contributed by atoms with Crippen LogP contribution < -0.4 is 0 Å². The summed E-state index contributed by atoms with van der Waals surface area (Å²) < 4.78 is 38.0. The molecule has 1 unspecified atom stereocenters. The average molecular weight is 300 g/mol. The van der Waals surface area contributed by atoms with Crippen LogP contribution in [0.5, 0.6) is 0 Å². The number of benzene rings is 1. The Labute approximate surface area is 124 Å². The van der Waals surface area contributed by atoms with E-state index in [-0.39, 0.29) is 18.8 Å². The molecule has 0 aliphatic heterocycles. The maximum Gasteiger partial charge on any atom is 0.391 e. The van der Waals surface area contributed by atoms with E-state index in [1.807, 2.05) is 26.0 Å². The van der Waals surface area contributed by atoms with Gasteiger partial charge in [0.1, 0.15) is 0 Å². The van der Waals surface area contributed by atoms with Gasteiger partial charge in [0.15, 0.2) is 0 Å². The van der Waals surface area contributed by atoms with Gasteiger partial charge in [-0.3, -0.25) is 0 Å². The van der Waals surface area contributed by atoms with Crippen molar-refractivity contribution < 1.29 is 18.3 Å². The summed E-state index contributed by atoms with van der Waals surface area (Å²) in [7, 11) is 0. The van der Waals surface area contributed by atoms with E-state index in [1.165, 1.54) is 0 Å². The molecule has 0 saturated heterocycles. The predicted molar refractivity (Wildman–Crippen MR) is 77.1 cm³/mol. The van der Waals surface area contributed by atoms with E-state index in [0.29, 0.717) is 19.3 Å². The van der Waals surface area contributed by atoms with Gasteiger partial charge >= 0.3 is 6.18 Å². The van der Waals surface area contributed by atoms with Crippen molar-refractivity contribution >= 4 is 0 Å². The van der Waals surface area contributed by atoms with Crippen LogP contribution in [0.3, 0.4) is 0 Å². The summed E-state index contributed by atoms with van der Waals surface area (Å²) in [6.45, 7) is 4.01. The van der Waals surface area contributed by atoms with E-state index in [2.05, 4.69) is 6.07 Å². The summed E-state index contributed by atoms with van der Waals surface area (Å²) in [6, 6.07) is 6.11. The van der Waals surface area contributed by atoms with Gasteiger partial charge in [-0.15, -0.1) is 0 Å². The largest absolute Gasteiger partial charge is 0.392 e. The van der Waals surface area contributed by atoms with Crippen LogP contribution in [-0.2, 0) is 6.42 Å². The molecule has 0 spiro atoms. The van der Waals surface area contributed by atoms with Gasteiger partial charge in [-0.05, 0) is 63.0 Å². The van der Waals surface area contributed by atoms with Crippen molar-refractivity contribution in [3.8, 4) is 0 Å². The Kier molecular flexibility index (Phi) is 4.97. The van der Waals surface area contributed by atoms with Gasteiger partial charge in [0, 0.05) is 0 Å². The highest BCUT2D eigenvalue weighted by Gasteiger charge is 2.42. The zero-order valence-corrected chi connectivity index (χ0v) is 12.6. The van der Waals surface area contributed by atoms with Crippen molar-refractivity contribution in [2.75, 3.05) is 0 Å². The second kappa shape index (κ2) is 6.39. The van der Waals surface area contributed by atoms with Crippen molar-refractivity contribution in [1.29, 1.82) is 0 Å². The minimum absolute atomic E-state index is 0.0106. The first-order valence-electron chi connectivity index (χ1n) is 7.58. The minimum Gasteiger partial charge on any atom is -0.392 e. The number of aliphatic hydroxyl groups is 1. The second-order valence-electron chi connectivity index (χ2n) is 6.35. The van der Waals surface area contributed by atoms with E-state index in [9.17, 15) is 18.3 Å². The highest BCUT2D eigenvalue weighted by Crippen LogP contribution is 2.40. The van der Waals surface area contributed by atoms with E-state index in [1.54, 1.807) is 0 Å². The minimum atomic E-state index is -4.08. The van der Waals surface area contributed by atoms with Crippen LogP contribution >= 0.6 is 0 Å². The van der Waals surface area contributed by atoms with Gasteiger partial charge < -0.3 is 5.11 Å². The summed E-state index contributed by atoms with van der Waals surface area (Å²) in [4.78, 5) is 0. The molecule has 0 heterocycles. The van der Waals surface area contributed by atoms with Crippen LogP contribution in [0.4, 0.5) is 13.2 Å². The Morgan fingerprint density at radius 2 is 1.76 bits per heavy atom. The molecular formula is C17H23F3O. The fraction of sp³-hybridized carbons (Fsp3) is 0.647. The molecule has 1 N–H and O–H groups in total. The maximum absolute atomic E-state index is 12.7. The van der Waals surface area contributed by atoms with Crippen LogP contribution in [-0.4, -0.2) is 17.4 Å². The highest BCUT2D eigenvalue weighted by atomic mass is 19.4. The summed E-state index contributed by atoms with van der Waals surface area (Å²) >= 11 is 0. The molecule has 1 saturated carbocycles. The molecule has 118 valence electrons. The fourth-order valence-electron chi connectivity index (χ4n) is 3.24. The van der Waals surface area contributed by atoms with E-state index < -0.39 is 18.2 Å². The van der Waals surface area contributed by atoms with Gasteiger partial charge in [-0.1, -0.05) is 23.8 Å². The molecule has 1 aromatic carbocycles. The zero-order chi connectivity index (χ0) is 15.6. The maximum atomic E-state index is 12.7. The molecular weight excluding hydrogens is 277 g/mol. The zero-order valence-electron chi connectivity index (χ0n) is 12.6. The predicted octanol–water partition coefficient (Wildman–Crippen LogP) is 4.58. The molecule has 0 aromatic heterocycles. The molecule has 4 heteroatoms. The molecule has 1 fully saturated rings. The van der Waals surface area contributed by atoms with Crippen molar-refractivity contribution in [2.45, 2.75) is 58.2 Å². The Balaban J connectivity index is 1.93. The first-order chi connectivity index (χ1) is 9.77. The van der Waals surface area contributed by atoms with Crippen molar-refractivity contribution in [3.63, 3.8) is 0 Å². The lowest BCUT2D eigenvalue weighted by Gasteiger charge is -2.32. The normalized spacial score (nSPS) is 24.9. The molecule has 21 heavy (non-hydrogen) atoms. The molecule has 1 aromatic rings. The topological polar surface area (TPSA) is 20.2 Å². The summed E-state index contributed by atoms with van der Waals surface area (Å²) in [5.41, 5.74) is 3.37. The molecule has 1 aliphatic carbocycles. The van der Waals surface area contributed by atoms with Crippen LogP contribution in [0, 0.1) is 25.7 Å². The Hall–Kier alpha value is -1.03. The second-order valence-corrected chi connectivity index (χ2v) is 6.35. The monoisotopic (exact) mass is 300 g/mol. The van der Waals surface area contributed by atoms with Gasteiger partial charge in [-0.2, -0.15) is 13.2 Å². The standard InChI is InChI=1S/C17H23F3O/c1-11-3-4-12(2)14(9-11)10-16(21)13-5-7-15(8-6-13)17(18,19)20/h3-4,9,13,15-16,21H,5-8,10H2,1-2H3. The van der Waals surface area contributed by atoms with E-state index in [0.717, 1.165) is 16.7 Å². The molecule has 1 aliphatic rings. The number of aryl methyl sites for hydroxylation is 2. The summed E-state index contributed by atoms with van der Waals surface area (Å²) in [5.74, 6) is -1.19. The first-order valence-corrected chi connectivity index (χ1v) is 7.58. The van der Waals surface area contributed by atoms with Crippen LogP contribution in [0.15, 0.2) is 18.2 Å². The van der Waals surface area contributed by atoms with Gasteiger partial charge in [-0.25, -0.2) is 0 Å². The van der Waals surface area contributed by atoms with Gasteiger partial charge in [0.2, 0.25) is 0 Å². The fourth-order valence-corrected chi connectivity index (χ4v) is 3.24. The molecule has 1 atom stereocenters. The number of rotatable bonds is 3. The Morgan fingerprint density at radius 1 is 1.14 bits per heavy atom. The summed E-state index contributed by atoms with van der Waals surface area (Å²) in [5, 5.41) is 10.4. The summed E-state index contributed by atoms with van der Waals surface area (Å²) in [6.07, 6.45) is -2.85. The SMILES string of the molecule is Cc1ccc(C)c(CC(O)C2CCC(C(F)(F)F)CC2)c1. The van der Waals surface area contributed by atoms with Crippen molar-refractivity contribution in [1.82, 2.24) is 0 Å². The lowest BCUT2D eigenvalue weighted by atomic mass is 9.77. The molecule has 0 bridgehead atoms. The van der Waals surface area contributed by atoms with Crippen LogP contribution in [0.1, 0.15) is 42.4 Å². The quantitative estimate of drug-likeness (QED) is 0.866. The van der Waals surface area contributed by atoms with Crippen LogP contribution in [0.25, 0.3) is 0 Å². The van der Waals surface area contributed by atoms with Crippen molar-refractivity contribution in [2.24, 2.45) is 11.8 Å². The number of alkyl halides is 3. The lowest BCUT2D eigenvalue weighted by Crippen LogP contribution is -2.32. The van der Waals surface area contributed by atoms with Crippen molar-refractivity contribution in [3.05, 3.63) is 34.9 Å². The average Bonchev–Trinajstić information content (AvgIpc) is 2.42. The number of aliphatic hydroxyl groups excluding tert-OH is 1. The Bertz CT molecular complexity index is 473. The van der Waals surface area contributed by atoms with E-state index >= 15 is 0 Å². The van der Waals surface area contributed by atoms with Gasteiger partial charge in [0.25, 0.3) is 0 Å². The van der Waals surface area contributed by atoms with Gasteiger partial charge in [0.05, 0.1) is 12.0 Å². The number of halogens is 3. The highest BCUT2D eigenvalue weighted by molar-refractivity contribution is 5.31. The third kappa shape index (κ3) is 4.22. The number of hydrogen-bond acceptors (Lipinski definition) is 1. The van der Waals surface area contributed by atoms with Crippen LogP contribution in [0.2, 0.25) is 0 Å². The lowest BCUT2D eigenvalue weighted by molar-refractivity contribution is -0.185.